The first kappa shape index (κ1) is 30.4. The molecule has 4 aromatic heterocycles. The second-order valence-electron chi connectivity index (χ2n) is 14.8. The highest BCUT2D eigenvalue weighted by Crippen LogP contribution is 2.45. The molecule has 0 amide bonds. The van der Waals surface area contributed by atoms with E-state index in [1.807, 2.05) is 6.07 Å². The summed E-state index contributed by atoms with van der Waals surface area (Å²) in [4.78, 5) is 12.7. The standard InChI is InChI=1S/C46H33N7OSi/c1-55(2)44-29-32(51-38-21-11-13-23-40(38)53-36-19-9-7-17-34(36)48-46(51)53)25-27-42(44)49(30-14-4-3-5-15-30)41-26-24-31(28-43(41)54-55)50-37-20-10-12-22-39(37)52-35-18-8-6-16-33(35)47-45(50)52/h3-29H,1-2H3. The van der Waals surface area contributed by atoms with Gasteiger partial charge in [-0.25, -0.2) is 9.97 Å². The van der Waals surface area contributed by atoms with Gasteiger partial charge in [-0.1, -0.05) is 66.7 Å². The van der Waals surface area contributed by atoms with Gasteiger partial charge in [-0.15, -0.1) is 0 Å². The Balaban J connectivity index is 1.08. The van der Waals surface area contributed by atoms with Gasteiger partial charge in [-0.2, -0.15) is 0 Å². The molecule has 9 heteroatoms. The van der Waals surface area contributed by atoms with Gasteiger partial charge >= 0.3 is 0 Å². The van der Waals surface area contributed by atoms with Crippen LogP contribution in [0.1, 0.15) is 0 Å². The number of para-hydroxylation sites is 9. The minimum absolute atomic E-state index is 0.844. The van der Waals surface area contributed by atoms with Crippen molar-refractivity contribution in [3.63, 3.8) is 0 Å². The molecule has 12 rings (SSSR count). The lowest BCUT2D eigenvalue weighted by atomic mass is 10.1. The molecule has 55 heavy (non-hydrogen) atoms. The van der Waals surface area contributed by atoms with Gasteiger partial charge in [-0.05, 0) is 104 Å². The molecule has 8 nitrogen and oxygen atoms in total. The number of fused-ring (bicyclic) bond motifs is 12. The molecule has 1 aliphatic rings. The fourth-order valence-electron chi connectivity index (χ4n) is 8.77. The van der Waals surface area contributed by atoms with E-state index in [0.29, 0.717) is 0 Å². The fourth-order valence-corrected chi connectivity index (χ4v) is 10.9. The molecule has 0 bridgehead atoms. The number of hydrogen-bond acceptors (Lipinski definition) is 4. The Morgan fingerprint density at radius 3 is 1.49 bits per heavy atom. The van der Waals surface area contributed by atoms with Crippen molar-refractivity contribution in [1.29, 1.82) is 0 Å². The van der Waals surface area contributed by atoms with Crippen molar-refractivity contribution in [2.75, 3.05) is 4.90 Å². The molecule has 0 unspecified atom stereocenters. The van der Waals surface area contributed by atoms with Crippen LogP contribution in [0.5, 0.6) is 5.75 Å². The fraction of sp³-hybridized carbons (Fsp3) is 0.0435. The van der Waals surface area contributed by atoms with Crippen LogP contribution in [0.3, 0.4) is 0 Å². The minimum Gasteiger partial charge on any atom is -0.538 e. The van der Waals surface area contributed by atoms with Gasteiger partial charge in [0.25, 0.3) is 8.32 Å². The molecule has 0 saturated heterocycles. The molecule has 0 spiro atoms. The predicted octanol–water partition coefficient (Wildman–Crippen LogP) is 10.5. The lowest BCUT2D eigenvalue weighted by Gasteiger charge is -2.27. The molecular formula is C46H33N7OSi. The smallest absolute Gasteiger partial charge is 0.279 e. The van der Waals surface area contributed by atoms with Crippen LogP contribution in [0.4, 0.5) is 17.1 Å². The third-order valence-corrected chi connectivity index (χ3v) is 13.6. The molecule has 1 aliphatic heterocycles. The molecule has 0 N–H and O–H groups in total. The van der Waals surface area contributed by atoms with Gasteiger partial charge in [0, 0.05) is 28.3 Å². The number of aromatic nitrogens is 6. The first-order chi connectivity index (χ1) is 27.0. The van der Waals surface area contributed by atoms with Gasteiger partial charge in [0.1, 0.15) is 5.75 Å². The molecular weight excluding hydrogens is 695 g/mol. The Morgan fingerprint density at radius 1 is 0.436 bits per heavy atom. The van der Waals surface area contributed by atoms with Crippen LogP contribution >= 0.6 is 0 Å². The SMILES string of the molecule is C[Si]1(C)Oc2cc(-n3c4ccccc4n4c5ccccc5nc34)ccc2N(c2ccccc2)c2ccc(-n3c4ccccc4n4c5ccccc5nc34)cc21. The molecule has 0 atom stereocenters. The second kappa shape index (κ2) is 11.0. The van der Waals surface area contributed by atoms with Crippen molar-refractivity contribution in [3.8, 4) is 17.1 Å². The maximum absolute atomic E-state index is 7.37. The van der Waals surface area contributed by atoms with E-state index in [9.17, 15) is 0 Å². The van der Waals surface area contributed by atoms with Crippen LogP contribution in [0.15, 0.2) is 164 Å². The molecule has 11 aromatic rings. The third kappa shape index (κ3) is 4.21. The number of rotatable bonds is 3. The zero-order valence-electron chi connectivity index (χ0n) is 30.1. The van der Waals surface area contributed by atoms with Gasteiger partial charge < -0.3 is 9.33 Å². The number of hydrogen-bond donors (Lipinski definition) is 0. The normalized spacial score (nSPS) is 13.9. The predicted molar refractivity (Wildman–Crippen MR) is 225 cm³/mol. The number of nitrogens with zero attached hydrogens (tertiary/aromatic N) is 7. The van der Waals surface area contributed by atoms with E-state index in [1.165, 1.54) is 5.19 Å². The summed E-state index contributed by atoms with van der Waals surface area (Å²) in [5.41, 5.74) is 13.8. The summed E-state index contributed by atoms with van der Waals surface area (Å²) in [6.45, 7) is 4.61. The van der Waals surface area contributed by atoms with Gasteiger partial charge in [0.05, 0.1) is 55.5 Å². The Hall–Kier alpha value is -7.10. The van der Waals surface area contributed by atoms with Gasteiger partial charge in [0.2, 0.25) is 11.6 Å². The third-order valence-electron chi connectivity index (χ3n) is 11.2. The van der Waals surface area contributed by atoms with Crippen LogP contribution in [0.25, 0.3) is 67.1 Å². The lowest BCUT2D eigenvalue weighted by Crippen LogP contribution is -2.48. The van der Waals surface area contributed by atoms with Gasteiger partial charge in [-0.3, -0.25) is 17.9 Å². The highest BCUT2D eigenvalue weighted by Gasteiger charge is 2.38. The molecule has 0 radical (unpaired) electrons. The molecule has 7 aromatic carbocycles. The molecule has 0 fully saturated rings. The van der Waals surface area contributed by atoms with Crippen LogP contribution < -0.4 is 14.5 Å². The molecule has 0 saturated carbocycles. The zero-order valence-corrected chi connectivity index (χ0v) is 31.1. The zero-order chi connectivity index (χ0) is 36.4. The average molecular weight is 728 g/mol. The summed E-state index contributed by atoms with van der Waals surface area (Å²) in [5.74, 6) is 2.61. The maximum Gasteiger partial charge on any atom is 0.279 e. The Morgan fingerprint density at radius 2 is 0.909 bits per heavy atom. The highest BCUT2D eigenvalue weighted by atomic mass is 28.4. The summed E-state index contributed by atoms with van der Waals surface area (Å²) >= 11 is 0. The monoisotopic (exact) mass is 727 g/mol. The molecule has 5 heterocycles. The molecule has 262 valence electrons. The summed E-state index contributed by atoms with van der Waals surface area (Å²) in [6.07, 6.45) is 0. The van der Waals surface area contributed by atoms with E-state index in [1.54, 1.807) is 0 Å². The summed E-state index contributed by atoms with van der Waals surface area (Å²) in [7, 11) is -2.65. The first-order valence-electron chi connectivity index (χ1n) is 18.6. The van der Waals surface area contributed by atoms with Crippen LogP contribution in [0.2, 0.25) is 13.1 Å². The van der Waals surface area contributed by atoms with E-state index in [-0.39, 0.29) is 0 Å². The van der Waals surface area contributed by atoms with Crippen LogP contribution in [-0.4, -0.2) is 36.2 Å². The summed E-state index contributed by atoms with van der Waals surface area (Å²) in [6, 6.07) is 57.9. The van der Waals surface area contributed by atoms with Crippen molar-refractivity contribution < 1.29 is 4.43 Å². The summed E-state index contributed by atoms with van der Waals surface area (Å²) in [5, 5.41) is 1.20. The van der Waals surface area contributed by atoms with E-state index < -0.39 is 8.32 Å². The molecule has 0 aliphatic carbocycles. The van der Waals surface area contributed by atoms with E-state index in [2.05, 4.69) is 194 Å². The van der Waals surface area contributed by atoms with Crippen molar-refractivity contribution >= 4 is 86.3 Å². The van der Waals surface area contributed by atoms with Crippen molar-refractivity contribution in [1.82, 2.24) is 27.9 Å². The topological polar surface area (TPSA) is 56.9 Å². The number of anilines is 3. The van der Waals surface area contributed by atoms with E-state index >= 15 is 0 Å². The van der Waals surface area contributed by atoms with Crippen molar-refractivity contribution in [2.45, 2.75) is 13.1 Å². The highest BCUT2D eigenvalue weighted by molar-refractivity contribution is 6.86. The number of benzene rings is 7. The minimum atomic E-state index is -2.65. The average Bonchev–Trinajstić information content (AvgIpc) is 3.94. The van der Waals surface area contributed by atoms with Gasteiger partial charge in [0.15, 0.2) is 0 Å². The van der Waals surface area contributed by atoms with Crippen LogP contribution in [0, 0.1) is 0 Å². The Labute approximate surface area is 316 Å². The quantitative estimate of drug-likeness (QED) is 0.170. The Kier molecular flexibility index (Phi) is 6.06. The largest absolute Gasteiger partial charge is 0.538 e. The number of imidazole rings is 4. The maximum atomic E-state index is 7.37. The van der Waals surface area contributed by atoms with E-state index in [4.69, 9.17) is 14.4 Å². The second-order valence-corrected chi connectivity index (χ2v) is 18.5. The Bertz CT molecular complexity index is 3350. The van der Waals surface area contributed by atoms with Crippen molar-refractivity contribution in [2.24, 2.45) is 0 Å². The first-order valence-corrected chi connectivity index (χ1v) is 21.5. The van der Waals surface area contributed by atoms with Crippen LogP contribution in [-0.2, 0) is 0 Å². The van der Waals surface area contributed by atoms with E-state index in [0.717, 1.165) is 89.9 Å². The summed E-state index contributed by atoms with van der Waals surface area (Å²) < 4.78 is 16.4. The lowest BCUT2D eigenvalue weighted by molar-refractivity contribution is 0.567. The van der Waals surface area contributed by atoms with Crippen molar-refractivity contribution in [3.05, 3.63) is 164 Å².